The average Bonchev–Trinajstić information content (AvgIpc) is 3.15. The van der Waals surface area contributed by atoms with Crippen molar-refractivity contribution in [2.45, 2.75) is 26.3 Å². The van der Waals surface area contributed by atoms with Gasteiger partial charge in [-0.05, 0) is 37.1 Å². The lowest BCUT2D eigenvalue weighted by Crippen LogP contribution is -2.24. The number of aromatic nitrogens is 2. The minimum Gasteiger partial charge on any atom is -0.481 e. The molecule has 26 heavy (non-hydrogen) atoms. The summed E-state index contributed by atoms with van der Waals surface area (Å²) >= 11 is 7.31. The molecule has 1 amide bonds. The second-order valence-electron chi connectivity index (χ2n) is 5.95. The molecular formula is C18H18ClN3O3S. The van der Waals surface area contributed by atoms with Crippen LogP contribution in [0.3, 0.4) is 0 Å². The molecule has 2 N–H and O–H groups in total. The van der Waals surface area contributed by atoms with Gasteiger partial charge in [-0.1, -0.05) is 23.7 Å². The molecule has 0 fully saturated rings. The number of amides is 1. The standard InChI is InChI=1S/C18H18ClN3O3S/c1-11-14-9-15(17(25)20-8-2-3-16(23)24)26-18(14)22(21-11)10-12-4-6-13(19)7-5-12/h4-7,9H,2-3,8,10H2,1H3,(H,20,25)(H,23,24). The Balaban J connectivity index is 1.75. The van der Waals surface area contributed by atoms with E-state index in [0.717, 1.165) is 21.5 Å². The van der Waals surface area contributed by atoms with Crippen molar-refractivity contribution in [3.63, 3.8) is 0 Å². The van der Waals surface area contributed by atoms with Crippen molar-refractivity contribution < 1.29 is 14.7 Å². The summed E-state index contributed by atoms with van der Waals surface area (Å²) in [4.78, 5) is 24.3. The third kappa shape index (κ3) is 4.23. The van der Waals surface area contributed by atoms with Crippen LogP contribution in [0.1, 0.15) is 33.8 Å². The van der Waals surface area contributed by atoms with E-state index in [4.69, 9.17) is 16.7 Å². The van der Waals surface area contributed by atoms with E-state index in [2.05, 4.69) is 10.4 Å². The van der Waals surface area contributed by atoms with Crippen molar-refractivity contribution in [3.8, 4) is 0 Å². The number of benzene rings is 1. The van der Waals surface area contributed by atoms with Crippen molar-refractivity contribution in [3.05, 3.63) is 51.5 Å². The maximum absolute atomic E-state index is 12.3. The number of nitrogens with one attached hydrogen (secondary N) is 1. The molecule has 6 nitrogen and oxygen atoms in total. The van der Waals surface area contributed by atoms with Gasteiger partial charge in [-0.15, -0.1) is 11.3 Å². The lowest BCUT2D eigenvalue weighted by atomic mass is 10.2. The van der Waals surface area contributed by atoms with Gasteiger partial charge in [0.2, 0.25) is 0 Å². The number of carboxylic acids is 1. The summed E-state index contributed by atoms with van der Waals surface area (Å²) < 4.78 is 1.89. The molecule has 2 heterocycles. The Labute approximate surface area is 159 Å². The van der Waals surface area contributed by atoms with E-state index in [9.17, 15) is 9.59 Å². The van der Waals surface area contributed by atoms with Crippen molar-refractivity contribution in [1.29, 1.82) is 0 Å². The lowest BCUT2D eigenvalue weighted by Gasteiger charge is -2.03. The molecule has 136 valence electrons. The second-order valence-corrected chi connectivity index (χ2v) is 7.42. The predicted molar refractivity (Wildman–Crippen MR) is 102 cm³/mol. The van der Waals surface area contributed by atoms with Crippen molar-refractivity contribution in [2.75, 3.05) is 6.54 Å². The minimum absolute atomic E-state index is 0.0435. The summed E-state index contributed by atoms with van der Waals surface area (Å²) in [6.07, 6.45) is 0.456. The van der Waals surface area contributed by atoms with Crippen LogP contribution >= 0.6 is 22.9 Å². The zero-order valence-corrected chi connectivity index (χ0v) is 15.7. The second kappa shape index (κ2) is 7.88. The number of carbonyl (C=O) groups excluding carboxylic acids is 1. The van der Waals surface area contributed by atoms with Gasteiger partial charge in [-0.3, -0.25) is 14.3 Å². The molecule has 3 aromatic rings. The fourth-order valence-electron chi connectivity index (χ4n) is 2.62. The highest BCUT2D eigenvalue weighted by atomic mass is 35.5. The Morgan fingerprint density at radius 2 is 2.04 bits per heavy atom. The highest BCUT2D eigenvalue weighted by Gasteiger charge is 2.16. The van der Waals surface area contributed by atoms with Gasteiger partial charge in [0.25, 0.3) is 5.91 Å². The topological polar surface area (TPSA) is 84.2 Å². The molecular weight excluding hydrogens is 374 g/mol. The molecule has 0 atom stereocenters. The van der Waals surface area contributed by atoms with E-state index in [-0.39, 0.29) is 12.3 Å². The van der Waals surface area contributed by atoms with Crippen LogP contribution in [-0.4, -0.2) is 33.3 Å². The molecule has 0 unspecified atom stereocenters. The van der Waals surface area contributed by atoms with E-state index in [1.54, 1.807) is 0 Å². The number of aryl methyl sites for hydroxylation is 1. The Morgan fingerprint density at radius 3 is 2.73 bits per heavy atom. The highest BCUT2D eigenvalue weighted by molar-refractivity contribution is 7.20. The molecule has 0 saturated heterocycles. The molecule has 3 rings (SSSR count). The molecule has 0 spiro atoms. The monoisotopic (exact) mass is 391 g/mol. The number of aliphatic carboxylic acids is 1. The van der Waals surface area contributed by atoms with E-state index >= 15 is 0 Å². The van der Waals surface area contributed by atoms with Crippen LogP contribution in [0, 0.1) is 6.92 Å². The van der Waals surface area contributed by atoms with E-state index in [1.807, 2.05) is 41.9 Å². The van der Waals surface area contributed by atoms with Crippen LogP contribution in [0.5, 0.6) is 0 Å². The average molecular weight is 392 g/mol. The van der Waals surface area contributed by atoms with Crippen molar-refractivity contribution in [1.82, 2.24) is 15.1 Å². The normalized spacial score (nSPS) is 11.0. The van der Waals surface area contributed by atoms with Crippen LogP contribution in [-0.2, 0) is 11.3 Å². The van der Waals surface area contributed by atoms with E-state index < -0.39 is 5.97 Å². The van der Waals surface area contributed by atoms with Crippen LogP contribution in [0.4, 0.5) is 0 Å². The van der Waals surface area contributed by atoms with Gasteiger partial charge >= 0.3 is 5.97 Å². The summed E-state index contributed by atoms with van der Waals surface area (Å²) in [7, 11) is 0. The number of fused-ring (bicyclic) bond motifs is 1. The molecule has 0 bridgehead atoms. The summed E-state index contributed by atoms with van der Waals surface area (Å²) in [6.45, 7) is 2.86. The first-order chi connectivity index (χ1) is 12.4. The number of halogens is 1. The number of rotatable bonds is 7. The van der Waals surface area contributed by atoms with Crippen LogP contribution in [0.2, 0.25) is 5.02 Å². The molecule has 2 aromatic heterocycles. The number of nitrogens with zero attached hydrogens (tertiary/aromatic N) is 2. The Morgan fingerprint density at radius 1 is 1.31 bits per heavy atom. The van der Waals surface area contributed by atoms with E-state index in [0.29, 0.717) is 29.4 Å². The zero-order chi connectivity index (χ0) is 18.7. The predicted octanol–water partition coefficient (Wildman–Crippen LogP) is 3.70. The van der Waals surface area contributed by atoms with Gasteiger partial charge in [0.15, 0.2) is 0 Å². The maximum Gasteiger partial charge on any atom is 0.303 e. The van der Waals surface area contributed by atoms with Gasteiger partial charge < -0.3 is 10.4 Å². The Kier molecular flexibility index (Phi) is 5.58. The lowest BCUT2D eigenvalue weighted by molar-refractivity contribution is -0.137. The fraction of sp³-hybridized carbons (Fsp3) is 0.278. The Bertz CT molecular complexity index is 947. The quantitative estimate of drug-likeness (QED) is 0.601. The number of carbonyl (C=O) groups is 2. The first-order valence-electron chi connectivity index (χ1n) is 8.15. The van der Waals surface area contributed by atoms with Crippen LogP contribution in [0.25, 0.3) is 10.2 Å². The molecule has 0 aliphatic heterocycles. The SMILES string of the molecule is Cc1nn(Cc2ccc(Cl)cc2)c2sc(C(=O)NCCCC(=O)O)cc12. The van der Waals surface area contributed by atoms with Crippen molar-refractivity contribution >= 4 is 45.0 Å². The van der Waals surface area contributed by atoms with Gasteiger partial charge in [0, 0.05) is 23.4 Å². The van der Waals surface area contributed by atoms with Crippen molar-refractivity contribution in [2.24, 2.45) is 0 Å². The molecule has 0 radical (unpaired) electrons. The summed E-state index contributed by atoms with van der Waals surface area (Å²) in [5.41, 5.74) is 1.95. The Hall–Kier alpha value is -2.38. The molecule has 1 aromatic carbocycles. The largest absolute Gasteiger partial charge is 0.481 e. The van der Waals surface area contributed by atoms with Crippen LogP contribution in [0.15, 0.2) is 30.3 Å². The fourth-order valence-corrected chi connectivity index (χ4v) is 3.83. The van der Waals surface area contributed by atoms with E-state index in [1.165, 1.54) is 11.3 Å². The van der Waals surface area contributed by atoms with Gasteiger partial charge in [0.05, 0.1) is 17.1 Å². The van der Waals surface area contributed by atoms with Gasteiger partial charge in [-0.2, -0.15) is 5.10 Å². The summed E-state index contributed by atoms with van der Waals surface area (Å²) in [6, 6.07) is 9.43. The number of hydrogen-bond acceptors (Lipinski definition) is 4. The van der Waals surface area contributed by atoms with Gasteiger partial charge in [-0.25, -0.2) is 0 Å². The third-order valence-electron chi connectivity index (χ3n) is 3.93. The van der Waals surface area contributed by atoms with Crippen LogP contribution < -0.4 is 5.32 Å². The molecule has 0 aliphatic carbocycles. The number of hydrogen-bond donors (Lipinski definition) is 2. The minimum atomic E-state index is -0.862. The molecule has 0 aliphatic rings. The number of carboxylic acid groups (broad SMARTS) is 1. The molecule has 0 saturated carbocycles. The van der Waals surface area contributed by atoms with Gasteiger partial charge in [0.1, 0.15) is 4.83 Å². The summed E-state index contributed by atoms with van der Waals surface area (Å²) in [5.74, 6) is -1.05. The zero-order valence-electron chi connectivity index (χ0n) is 14.2. The molecule has 8 heteroatoms. The maximum atomic E-state index is 12.3. The highest BCUT2D eigenvalue weighted by Crippen LogP contribution is 2.29. The summed E-state index contributed by atoms with van der Waals surface area (Å²) in [5, 5.41) is 17.6. The first-order valence-corrected chi connectivity index (χ1v) is 9.35. The first kappa shape index (κ1) is 18.4. The number of thiophene rings is 1. The smallest absolute Gasteiger partial charge is 0.303 e. The third-order valence-corrected chi connectivity index (χ3v) is 5.33.